The smallest absolute Gasteiger partial charge is 0.246 e. The lowest BCUT2D eigenvalue weighted by molar-refractivity contribution is -0.128. The lowest BCUT2D eigenvalue weighted by Gasteiger charge is -2.24. The predicted octanol–water partition coefficient (Wildman–Crippen LogP) is 2.24. The number of benzene rings is 1. The zero-order valence-electron chi connectivity index (χ0n) is 11.3. The van der Waals surface area contributed by atoms with E-state index < -0.39 is 0 Å². The van der Waals surface area contributed by atoms with Gasteiger partial charge in [0.2, 0.25) is 5.91 Å². The van der Waals surface area contributed by atoms with E-state index in [9.17, 15) is 4.79 Å². The molecule has 1 rings (SSSR count). The first kappa shape index (κ1) is 14.5. The molecule has 0 aromatic heterocycles. The highest BCUT2D eigenvalue weighted by Crippen LogP contribution is 2.06. The normalized spacial score (nSPS) is 11.2. The summed E-state index contributed by atoms with van der Waals surface area (Å²) >= 11 is 0. The molecule has 0 heterocycles. The van der Waals surface area contributed by atoms with Crippen LogP contribution in [0.3, 0.4) is 0 Å². The van der Waals surface area contributed by atoms with Gasteiger partial charge in [-0.25, -0.2) is 0 Å². The van der Waals surface area contributed by atoms with Gasteiger partial charge in [-0.1, -0.05) is 29.8 Å². The van der Waals surface area contributed by atoms with Crippen LogP contribution in [0, 0.1) is 6.92 Å². The fourth-order valence-electron chi connectivity index (χ4n) is 1.67. The fraction of sp³-hybridized carbons (Fsp3) is 0.400. The Bertz CT molecular complexity index is 407. The fourth-order valence-corrected chi connectivity index (χ4v) is 1.67. The van der Waals surface area contributed by atoms with Crippen LogP contribution in [-0.4, -0.2) is 35.1 Å². The van der Waals surface area contributed by atoms with E-state index in [4.69, 9.17) is 5.11 Å². The Kier molecular flexibility index (Phi) is 5.59. The van der Waals surface area contributed by atoms with Gasteiger partial charge in [0, 0.05) is 18.7 Å². The maximum Gasteiger partial charge on any atom is 0.246 e. The molecule has 0 spiro atoms. The number of nitrogens with zero attached hydrogens (tertiary/aromatic N) is 1. The molecule has 0 saturated carbocycles. The Labute approximate surface area is 109 Å². The van der Waals surface area contributed by atoms with E-state index in [-0.39, 0.29) is 18.6 Å². The number of carbonyl (C=O) groups is 1. The zero-order chi connectivity index (χ0) is 13.5. The van der Waals surface area contributed by atoms with Crippen molar-refractivity contribution in [3.63, 3.8) is 0 Å². The quantitative estimate of drug-likeness (QED) is 0.811. The molecule has 18 heavy (non-hydrogen) atoms. The van der Waals surface area contributed by atoms with Gasteiger partial charge in [-0.15, -0.1) is 0 Å². The molecule has 0 saturated heterocycles. The van der Waals surface area contributed by atoms with Crippen molar-refractivity contribution in [1.82, 2.24) is 4.90 Å². The van der Waals surface area contributed by atoms with E-state index in [1.807, 2.05) is 45.0 Å². The second-order valence-corrected chi connectivity index (χ2v) is 4.59. The minimum atomic E-state index is -0.0698. The summed E-state index contributed by atoms with van der Waals surface area (Å²) < 4.78 is 0. The Morgan fingerprint density at radius 1 is 1.33 bits per heavy atom. The number of carbonyl (C=O) groups excluding carboxylic acids is 1. The van der Waals surface area contributed by atoms with Gasteiger partial charge in [-0.2, -0.15) is 0 Å². The predicted molar refractivity (Wildman–Crippen MR) is 74.1 cm³/mol. The number of hydrogen-bond acceptors (Lipinski definition) is 2. The van der Waals surface area contributed by atoms with Crippen molar-refractivity contribution in [3.8, 4) is 0 Å². The standard InChI is InChI=1S/C15H21NO2/c1-12(2)16(10-11-17)15(18)9-8-14-6-4-13(3)5-7-14/h4-9,12,17H,10-11H2,1-3H3/b9-8+. The minimum absolute atomic E-state index is 0.0116. The molecule has 1 N–H and O–H groups in total. The highest BCUT2D eigenvalue weighted by Gasteiger charge is 2.12. The molecule has 98 valence electrons. The highest BCUT2D eigenvalue weighted by molar-refractivity contribution is 5.91. The van der Waals surface area contributed by atoms with Crippen LogP contribution in [0.25, 0.3) is 6.08 Å². The summed E-state index contributed by atoms with van der Waals surface area (Å²) in [5, 5.41) is 8.93. The molecule has 1 amide bonds. The first-order chi connectivity index (χ1) is 8.54. The van der Waals surface area contributed by atoms with Crippen LogP contribution in [0.2, 0.25) is 0 Å². The number of aliphatic hydroxyl groups excluding tert-OH is 1. The van der Waals surface area contributed by atoms with Gasteiger partial charge in [0.25, 0.3) is 0 Å². The first-order valence-electron chi connectivity index (χ1n) is 6.21. The van der Waals surface area contributed by atoms with Gasteiger partial charge in [-0.3, -0.25) is 4.79 Å². The number of aryl methyl sites for hydroxylation is 1. The molecule has 0 unspecified atom stereocenters. The monoisotopic (exact) mass is 247 g/mol. The lowest BCUT2D eigenvalue weighted by atomic mass is 10.1. The third kappa shape index (κ3) is 4.34. The molecule has 0 fully saturated rings. The van der Waals surface area contributed by atoms with Crippen LogP contribution in [0.4, 0.5) is 0 Å². The first-order valence-corrected chi connectivity index (χ1v) is 6.21. The van der Waals surface area contributed by atoms with Crippen molar-refractivity contribution < 1.29 is 9.90 Å². The molecule has 3 nitrogen and oxygen atoms in total. The second kappa shape index (κ2) is 6.97. The molecule has 1 aromatic carbocycles. The summed E-state index contributed by atoms with van der Waals surface area (Å²) in [7, 11) is 0. The SMILES string of the molecule is Cc1ccc(/C=C/C(=O)N(CCO)C(C)C)cc1. The summed E-state index contributed by atoms with van der Waals surface area (Å²) in [6, 6.07) is 8.07. The summed E-state index contributed by atoms with van der Waals surface area (Å²) in [6.45, 7) is 6.26. The van der Waals surface area contributed by atoms with Crippen LogP contribution < -0.4 is 0 Å². The molecule has 0 atom stereocenters. The molecule has 0 bridgehead atoms. The Morgan fingerprint density at radius 3 is 2.44 bits per heavy atom. The largest absolute Gasteiger partial charge is 0.395 e. The lowest BCUT2D eigenvalue weighted by Crippen LogP contribution is -2.37. The third-order valence-electron chi connectivity index (χ3n) is 2.74. The van der Waals surface area contributed by atoms with Crippen LogP contribution in [0.15, 0.2) is 30.3 Å². The number of amides is 1. The van der Waals surface area contributed by atoms with Gasteiger partial charge in [0.15, 0.2) is 0 Å². The molecule has 0 aliphatic carbocycles. The van der Waals surface area contributed by atoms with E-state index in [2.05, 4.69) is 0 Å². The number of aliphatic hydroxyl groups is 1. The Hall–Kier alpha value is -1.61. The minimum Gasteiger partial charge on any atom is -0.395 e. The molecular weight excluding hydrogens is 226 g/mol. The second-order valence-electron chi connectivity index (χ2n) is 4.59. The van der Waals surface area contributed by atoms with Crippen LogP contribution in [0.5, 0.6) is 0 Å². The van der Waals surface area contributed by atoms with Crippen molar-refractivity contribution in [2.75, 3.05) is 13.2 Å². The maximum atomic E-state index is 11.9. The van der Waals surface area contributed by atoms with Gasteiger partial charge < -0.3 is 10.0 Å². The van der Waals surface area contributed by atoms with Crippen LogP contribution >= 0.6 is 0 Å². The average Bonchev–Trinajstić information content (AvgIpc) is 2.34. The Morgan fingerprint density at radius 2 is 1.94 bits per heavy atom. The number of hydrogen-bond donors (Lipinski definition) is 1. The van der Waals surface area contributed by atoms with E-state index in [1.165, 1.54) is 5.56 Å². The van der Waals surface area contributed by atoms with Crippen LogP contribution in [-0.2, 0) is 4.79 Å². The van der Waals surface area contributed by atoms with Crippen molar-refractivity contribution in [2.24, 2.45) is 0 Å². The molecule has 3 heteroatoms. The van der Waals surface area contributed by atoms with Crippen LogP contribution in [0.1, 0.15) is 25.0 Å². The summed E-state index contributed by atoms with van der Waals surface area (Å²) in [6.07, 6.45) is 3.36. The van der Waals surface area contributed by atoms with E-state index in [0.717, 1.165) is 5.56 Å². The van der Waals surface area contributed by atoms with E-state index in [0.29, 0.717) is 6.54 Å². The van der Waals surface area contributed by atoms with Gasteiger partial charge in [0.05, 0.1) is 6.61 Å². The Balaban J connectivity index is 2.70. The highest BCUT2D eigenvalue weighted by atomic mass is 16.3. The third-order valence-corrected chi connectivity index (χ3v) is 2.74. The number of rotatable bonds is 5. The summed E-state index contributed by atoms with van der Waals surface area (Å²) in [4.78, 5) is 13.6. The maximum absolute atomic E-state index is 11.9. The van der Waals surface area contributed by atoms with Crippen molar-refractivity contribution in [2.45, 2.75) is 26.8 Å². The zero-order valence-corrected chi connectivity index (χ0v) is 11.3. The molecule has 1 aromatic rings. The van der Waals surface area contributed by atoms with Crippen molar-refractivity contribution in [3.05, 3.63) is 41.5 Å². The summed E-state index contributed by atoms with van der Waals surface area (Å²) in [5.41, 5.74) is 2.20. The van der Waals surface area contributed by atoms with Gasteiger partial charge in [-0.05, 0) is 32.4 Å². The summed E-state index contributed by atoms with van der Waals surface area (Å²) in [5.74, 6) is -0.0698. The van der Waals surface area contributed by atoms with E-state index >= 15 is 0 Å². The van der Waals surface area contributed by atoms with Gasteiger partial charge in [0.1, 0.15) is 0 Å². The molecule has 0 radical (unpaired) electrons. The average molecular weight is 247 g/mol. The van der Waals surface area contributed by atoms with Crippen molar-refractivity contribution in [1.29, 1.82) is 0 Å². The van der Waals surface area contributed by atoms with Gasteiger partial charge >= 0.3 is 0 Å². The molecule has 0 aliphatic heterocycles. The molecular formula is C15H21NO2. The van der Waals surface area contributed by atoms with Crippen molar-refractivity contribution >= 4 is 12.0 Å². The topological polar surface area (TPSA) is 40.5 Å². The molecule has 0 aliphatic rings. The van der Waals surface area contributed by atoms with E-state index in [1.54, 1.807) is 17.1 Å².